The predicted octanol–water partition coefficient (Wildman–Crippen LogP) is 2.67. The molecule has 0 atom stereocenters. The number of amides is 2. The van der Waals surface area contributed by atoms with Gasteiger partial charge in [0.15, 0.2) is 0 Å². The molecule has 5 nitrogen and oxygen atoms in total. The van der Waals surface area contributed by atoms with E-state index >= 15 is 0 Å². The summed E-state index contributed by atoms with van der Waals surface area (Å²) in [7, 11) is 0. The molecule has 0 bridgehead atoms. The molecule has 0 unspecified atom stereocenters. The average Bonchev–Trinajstić information content (AvgIpc) is 2.92. The number of nitrogens with zero attached hydrogens (tertiary/aromatic N) is 2. The van der Waals surface area contributed by atoms with Crippen molar-refractivity contribution in [3.63, 3.8) is 0 Å². The molecule has 2 heterocycles. The fourth-order valence-electron chi connectivity index (χ4n) is 2.95. The van der Waals surface area contributed by atoms with E-state index in [0.29, 0.717) is 31.7 Å². The first-order valence-corrected chi connectivity index (χ1v) is 8.72. The van der Waals surface area contributed by atoms with Crippen molar-refractivity contribution in [1.82, 2.24) is 9.80 Å². The summed E-state index contributed by atoms with van der Waals surface area (Å²) in [6.45, 7) is 6.02. The van der Waals surface area contributed by atoms with Crippen molar-refractivity contribution >= 4 is 23.2 Å². The van der Waals surface area contributed by atoms with E-state index in [2.05, 4.69) is 0 Å². The standard InChI is InChI=1S/C18H20N2O3S/c1-12-10-16(13(2)24-12)18(23)20-8-6-19(7-9-20)17(22)14-4-3-5-15(21)11-14/h3-5,10-11,21H,6-9H2,1-2H3. The van der Waals surface area contributed by atoms with E-state index < -0.39 is 0 Å². The fourth-order valence-corrected chi connectivity index (χ4v) is 3.86. The molecule has 24 heavy (non-hydrogen) atoms. The number of phenols is 1. The first kappa shape index (κ1) is 16.5. The Kier molecular flexibility index (Phi) is 4.57. The van der Waals surface area contributed by atoms with Gasteiger partial charge in [0.25, 0.3) is 11.8 Å². The van der Waals surface area contributed by atoms with Gasteiger partial charge in [0, 0.05) is 41.5 Å². The van der Waals surface area contributed by atoms with Gasteiger partial charge < -0.3 is 14.9 Å². The van der Waals surface area contributed by atoms with Crippen LogP contribution in [0.1, 0.15) is 30.5 Å². The van der Waals surface area contributed by atoms with E-state index in [1.165, 1.54) is 6.07 Å². The number of piperazine rings is 1. The Balaban J connectivity index is 1.64. The second-order valence-electron chi connectivity index (χ2n) is 5.96. The van der Waals surface area contributed by atoms with Crippen molar-refractivity contribution in [2.75, 3.05) is 26.2 Å². The smallest absolute Gasteiger partial charge is 0.255 e. The number of benzene rings is 1. The van der Waals surface area contributed by atoms with Gasteiger partial charge in [0.1, 0.15) is 5.75 Å². The topological polar surface area (TPSA) is 60.9 Å². The number of hydrogen-bond donors (Lipinski definition) is 1. The molecule has 1 saturated heterocycles. The molecular weight excluding hydrogens is 324 g/mol. The zero-order valence-corrected chi connectivity index (χ0v) is 14.6. The molecule has 6 heteroatoms. The summed E-state index contributed by atoms with van der Waals surface area (Å²) in [6, 6.07) is 8.30. The van der Waals surface area contributed by atoms with E-state index in [0.717, 1.165) is 15.3 Å². The average molecular weight is 344 g/mol. The Hall–Kier alpha value is -2.34. The summed E-state index contributed by atoms with van der Waals surface area (Å²) in [5, 5.41) is 9.51. The van der Waals surface area contributed by atoms with Crippen molar-refractivity contribution in [3.05, 3.63) is 51.2 Å². The highest BCUT2D eigenvalue weighted by Crippen LogP contribution is 2.23. The summed E-state index contributed by atoms with van der Waals surface area (Å²) >= 11 is 1.63. The largest absolute Gasteiger partial charge is 0.508 e. The minimum absolute atomic E-state index is 0.0429. The third-order valence-electron chi connectivity index (χ3n) is 4.22. The number of aromatic hydroxyl groups is 1. The molecule has 0 aliphatic carbocycles. The molecule has 2 amide bonds. The molecule has 2 aromatic rings. The monoisotopic (exact) mass is 344 g/mol. The lowest BCUT2D eigenvalue weighted by molar-refractivity contribution is 0.0535. The van der Waals surface area contributed by atoms with E-state index in [1.54, 1.807) is 39.3 Å². The number of thiophene rings is 1. The van der Waals surface area contributed by atoms with E-state index in [9.17, 15) is 14.7 Å². The highest BCUT2D eigenvalue weighted by Gasteiger charge is 2.26. The van der Waals surface area contributed by atoms with Gasteiger partial charge in [-0.2, -0.15) is 0 Å². The second-order valence-corrected chi connectivity index (χ2v) is 7.42. The number of aryl methyl sites for hydroxylation is 2. The molecule has 1 fully saturated rings. The molecule has 126 valence electrons. The minimum Gasteiger partial charge on any atom is -0.508 e. The minimum atomic E-state index is -0.111. The quantitative estimate of drug-likeness (QED) is 0.911. The molecular formula is C18H20N2O3S. The Morgan fingerprint density at radius 2 is 1.62 bits per heavy atom. The van der Waals surface area contributed by atoms with Gasteiger partial charge in [0.2, 0.25) is 0 Å². The summed E-state index contributed by atoms with van der Waals surface area (Å²) in [4.78, 5) is 30.8. The molecule has 1 aromatic carbocycles. The van der Waals surface area contributed by atoms with Crippen molar-refractivity contribution in [1.29, 1.82) is 0 Å². The van der Waals surface area contributed by atoms with Crippen LogP contribution in [0.5, 0.6) is 5.75 Å². The lowest BCUT2D eigenvalue weighted by atomic mass is 10.1. The summed E-state index contributed by atoms with van der Waals surface area (Å²) < 4.78 is 0. The highest BCUT2D eigenvalue weighted by molar-refractivity contribution is 7.12. The van der Waals surface area contributed by atoms with Crippen LogP contribution in [0.15, 0.2) is 30.3 Å². The summed E-state index contributed by atoms with van der Waals surface area (Å²) in [5.41, 5.74) is 1.24. The maximum Gasteiger partial charge on any atom is 0.255 e. The first-order valence-electron chi connectivity index (χ1n) is 7.90. The lowest BCUT2D eigenvalue weighted by Gasteiger charge is -2.34. The van der Waals surface area contributed by atoms with Gasteiger partial charge in [-0.3, -0.25) is 9.59 Å². The van der Waals surface area contributed by atoms with Gasteiger partial charge in [0.05, 0.1) is 5.56 Å². The summed E-state index contributed by atoms with van der Waals surface area (Å²) in [6.07, 6.45) is 0. The van der Waals surface area contributed by atoms with Crippen LogP contribution in [0.3, 0.4) is 0 Å². The van der Waals surface area contributed by atoms with E-state index in [4.69, 9.17) is 0 Å². The van der Waals surface area contributed by atoms with Crippen molar-refractivity contribution in [3.8, 4) is 5.75 Å². The Labute approximate surface area is 145 Å². The van der Waals surface area contributed by atoms with Crippen molar-refractivity contribution in [2.24, 2.45) is 0 Å². The molecule has 0 radical (unpaired) electrons. The van der Waals surface area contributed by atoms with Gasteiger partial charge in [-0.05, 0) is 38.1 Å². The zero-order chi connectivity index (χ0) is 17.3. The molecule has 3 rings (SSSR count). The van der Waals surface area contributed by atoms with Crippen LogP contribution in [0.4, 0.5) is 0 Å². The number of rotatable bonds is 2. The number of carbonyl (C=O) groups excluding carboxylic acids is 2. The lowest BCUT2D eigenvalue weighted by Crippen LogP contribution is -2.50. The van der Waals surface area contributed by atoms with Crippen molar-refractivity contribution < 1.29 is 14.7 Å². The SMILES string of the molecule is Cc1cc(C(=O)N2CCN(C(=O)c3cccc(O)c3)CC2)c(C)s1. The van der Waals surface area contributed by atoms with Gasteiger partial charge in [-0.25, -0.2) is 0 Å². The number of phenolic OH excluding ortho intramolecular Hbond substituents is 1. The van der Waals surface area contributed by atoms with Crippen LogP contribution in [0, 0.1) is 13.8 Å². The van der Waals surface area contributed by atoms with E-state index in [-0.39, 0.29) is 17.6 Å². The normalized spacial score (nSPS) is 14.8. The summed E-state index contributed by atoms with van der Waals surface area (Å²) in [5.74, 6) is 0.0137. The van der Waals surface area contributed by atoms with Crippen LogP contribution in [-0.2, 0) is 0 Å². The maximum atomic E-state index is 12.6. The van der Waals surface area contributed by atoms with Crippen LogP contribution in [-0.4, -0.2) is 52.9 Å². The Bertz CT molecular complexity index is 776. The third kappa shape index (κ3) is 3.28. The Morgan fingerprint density at radius 1 is 1.00 bits per heavy atom. The molecule has 1 N–H and O–H groups in total. The van der Waals surface area contributed by atoms with Crippen molar-refractivity contribution in [2.45, 2.75) is 13.8 Å². The number of carbonyl (C=O) groups is 2. The third-order valence-corrected chi connectivity index (χ3v) is 5.18. The number of hydrogen-bond acceptors (Lipinski definition) is 4. The molecule has 1 aromatic heterocycles. The zero-order valence-electron chi connectivity index (χ0n) is 13.8. The first-order chi connectivity index (χ1) is 11.5. The van der Waals surface area contributed by atoms with Crippen LogP contribution in [0.25, 0.3) is 0 Å². The van der Waals surface area contributed by atoms with Gasteiger partial charge >= 0.3 is 0 Å². The van der Waals surface area contributed by atoms with Gasteiger partial charge in [-0.15, -0.1) is 11.3 Å². The Morgan fingerprint density at radius 3 is 2.17 bits per heavy atom. The molecule has 0 spiro atoms. The molecule has 1 aliphatic rings. The van der Waals surface area contributed by atoms with Crippen LogP contribution in [0.2, 0.25) is 0 Å². The van der Waals surface area contributed by atoms with Gasteiger partial charge in [-0.1, -0.05) is 6.07 Å². The maximum absolute atomic E-state index is 12.6. The van der Waals surface area contributed by atoms with Crippen LogP contribution >= 0.6 is 11.3 Å². The molecule has 0 saturated carbocycles. The second kappa shape index (κ2) is 6.65. The fraction of sp³-hybridized carbons (Fsp3) is 0.333. The van der Waals surface area contributed by atoms with Crippen LogP contribution < -0.4 is 0 Å². The highest BCUT2D eigenvalue weighted by atomic mass is 32.1. The van der Waals surface area contributed by atoms with E-state index in [1.807, 2.05) is 19.9 Å². The molecule has 1 aliphatic heterocycles. The predicted molar refractivity (Wildman–Crippen MR) is 93.7 cm³/mol.